The minimum Gasteiger partial charge on any atom is -0.312 e. The van der Waals surface area contributed by atoms with E-state index in [0.717, 1.165) is 54.1 Å². The molecule has 0 amide bonds. The Balaban J connectivity index is 1.61. The minimum absolute atomic E-state index is 0.409. The van der Waals surface area contributed by atoms with Gasteiger partial charge in [0, 0.05) is 12.6 Å². The van der Waals surface area contributed by atoms with E-state index in [9.17, 15) is 0 Å². The van der Waals surface area contributed by atoms with Crippen molar-refractivity contribution >= 4 is 11.8 Å². The molecule has 26 heavy (non-hydrogen) atoms. The predicted molar refractivity (Wildman–Crippen MR) is 102 cm³/mol. The summed E-state index contributed by atoms with van der Waals surface area (Å²) in [5.74, 6) is 2.54. The van der Waals surface area contributed by atoms with Gasteiger partial charge in [-0.2, -0.15) is 5.10 Å². The van der Waals surface area contributed by atoms with Gasteiger partial charge in [0.05, 0.1) is 11.8 Å². The lowest BCUT2D eigenvalue weighted by Crippen LogP contribution is -2.32. The molecule has 1 aliphatic heterocycles. The van der Waals surface area contributed by atoms with Crippen LogP contribution in [0.3, 0.4) is 0 Å². The first-order chi connectivity index (χ1) is 12.7. The summed E-state index contributed by atoms with van der Waals surface area (Å²) in [7, 11) is 4.14. The van der Waals surface area contributed by atoms with Crippen LogP contribution in [0, 0.1) is 0 Å². The Morgan fingerprint density at radius 1 is 1.12 bits per heavy atom. The lowest BCUT2D eigenvalue weighted by molar-refractivity contribution is 0.210. The maximum absolute atomic E-state index is 4.88. The molecule has 1 fully saturated rings. The smallest absolute Gasteiger partial charge is 0.191 e. The number of aromatic nitrogens is 6. The van der Waals surface area contributed by atoms with Gasteiger partial charge in [-0.25, -0.2) is 9.67 Å². The number of thioether (sulfide) groups is 1. The monoisotopic (exact) mass is 369 g/mol. The Hall–Kier alpha value is -2.19. The summed E-state index contributed by atoms with van der Waals surface area (Å²) in [4.78, 5) is 7.24. The van der Waals surface area contributed by atoms with Crippen molar-refractivity contribution in [3.63, 3.8) is 0 Å². The van der Waals surface area contributed by atoms with E-state index in [1.807, 2.05) is 29.8 Å². The zero-order chi connectivity index (χ0) is 17.9. The van der Waals surface area contributed by atoms with E-state index in [1.54, 1.807) is 18.1 Å². The molecule has 0 saturated carbocycles. The minimum atomic E-state index is 0.409. The van der Waals surface area contributed by atoms with Crippen LogP contribution in [0.2, 0.25) is 0 Å². The molecule has 1 aromatic carbocycles. The SMILES string of the molecule is CN1CCC(n2nc(-c3ccccc3)nc2CSc2nncn2C)CC1. The van der Waals surface area contributed by atoms with Crippen LogP contribution in [0.15, 0.2) is 41.8 Å². The van der Waals surface area contributed by atoms with Crippen molar-refractivity contribution in [3.05, 3.63) is 42.5 Å². The number of hydrogen-bond donors (Lipinski definition) is 0. The highest BCUT2D eigenvalue weighted by molar-refractivity contribution is 7.98. The van der Waals surface area contributed by atoms with Crippen LogP contribution in [0.5, 0.6) is 0 Å². The van der Waals surface area contributed by atoms with Crippen LogP contribution < -0.4 is 0 Å². The van der Waals surface area contributed by atoms with Gasteiger partial charge in [-0.3, -0.25) is 0 Å². The number of hydrogen-bond acceptors (Lipinski definition) is 6. The normalized spacial score (nSPS) is 16.2. The summed E-state index contributed by atoms with van der Waals surface area (Å²) in [5, 5.41) is 13.9. The van der Waals surface area contributed by atoms with Crippen molar-refractivity contribution in [3.8, 4) is 11.4 Å². The van der Waals surface area contributed by atoms with Crippen LogP contribution in [0.1, 0.15) is 24.7 Å². The summed E-state index contributed by atoms with van der Waals surface area (Å²) in [6.45, 7) is 2.20. The molecule has 0 atom stereocenters. The highest BCUT2D eigenvalue weighted by atomic mass is 32.2. The van der Waals surface area contributed by atoms with E-state index < -0.39 is 0 Å². The average molecular weight is 369 g/mol. The van der Waals surface area contributed by atoms with E-state index in [2.05, 4.69) is 39.0 Å². The number of piperidine rings is 1. The van der Waals surface area contributed by atoms with Crippen LogP contribution in [0.4, 0.5) is 0 Å². The molecule has 8 heteroatoms. The second kappa shape index (κ2) is 7.59. The summed E-state index contributed by atoms with van der Waals surface area (Å²) < 4.78 is 4.08. The first kappa shape index (κ1) is 17.2. The summed E-state index contributed by atoms with van der Waals surface area (Å²) >= 11 is 1.65. The van der Waals surface area contributed by atoms with Crippen molar-refractivity contribution in [1.82, 2.24) is 34.4 Å². The number of rotatable bonds is 5. The van der Waals surface area contributed by atoms with Gasteiger partial charge in [-0.15, -0.1) is 10.2 Å². The number of benzene rings is 1. The third kappa shape index (κ3) is 3.66. The molecule has 7 nitrogen and oxygen atoms in total. The first-order valence-electron chi connectivity index (χ1n) is 8.87. The summed E-state index contributed by atoms with van der Waals surface area (Å²) in [5.41, 5.74) is 1.06. The van der Waals surface area contributed by atoms with Crippen molar-refractivity contribution in [1.29, 1.82) is 0 Å². The Labute approximate surface area is 157 Å². The Bertz CT molecular complexity index is 850. The van der Waals surface area contributed by atoms with Crippen LogP contribution in [-0.4, -0.2) is 54.6 Å². The van der Waals surface area contributed by atoms with Gasteiger partial charge in [0.2, 0.25) is 0 Å². The molecule has 2 aromatic heterocycles. The largest absolute Gasteiger partial charge is 0.312 e. The fourth-order valence-corrected chi connectivity index (χ4v) is 4.04. The Morgan fingerprint density at radius 3 is 2.58 bits per heavy atom. The van der Waals surface area contributed by atoms with Crippen molar-refractivity contribution in [2.45, 2.75) is 29.8 Å². The van der Waals surface area contributed by atoms with Crippen LogP contribution in [0.25, 0.3) is 11.4 Å². The molecule has 4 rings (SSSR count). The van der Waals surface area contributed by atoms with Crippen molar-refractivity contribution in [2.75, 3.05) is 20.1 Å². The van der Waals surface area contributed by atoms with Crippen LogP contribution in [-0.2, 0) is 12.8 Å². The Morgan fingerprint density at radius 2 is 1.88 bits per heavy atom. The van der Waals surface area contributed by atoms with E-state index >= 15 is 0 Å². The molecule has 136 valence electrons. The van der Waals surface area contributed by atoms with Gasteiger partial charge in [0.1, 0.15) is 12.2 Å². The van der Waals surface area contributed by atoms with Gasteiger partial charge in [-0.05, 0) is 33.0 Å². The molecule has 3 aromatic rings. The highest BCUT2D eigenvalue weighted by Gasteiger charge is 2.23. The highest BCUT2D eigenvalue weighted by Crippen LogP contribution is 2.28. The number of nitrogens with zero attached hydrogens (tertiary/aromatic N) is 7. The second-order valence-electron chi connectivity index (χ2n) is 6.71. The maximum atomic E-state index is 4.88. The quantitative estimate of drug-likeness (QED) is 0.644. The predicted octanol–water partition coefficient (Wildman–Crippen LogP) is 2.63. The topological polar surface area (TPSA) is 64.7 Å². The zero-order valence-electron chi connectivity index (χ0n) is 15.1. The Kier molecular flexibility index (Phi) is 5.03. The van der Waals surface area contributed by atoms with Gasteiger partial charge >= 0.3 is 0 Å². The molecule has 0 bridgehead atoms. The third-order valence-electron chi connectivity index (χ3n) is 4.77. The second-order valence-corrected chi connectivity index (χ2v) is 7.65. The number of likely N-dealkylation sites (tertiary alicyclic amines) is 1. The lowest BCUT2D eigenvalue weighted by Gasteiger charge is -2.29. The molecule has 3 heterocycles. The van der Waals surface area contributed by atoms with E-state index in [0.29, 0.717) is 6.04 Å². The molecular formula is C18H23N7S. The maximum Gasteiger partial charge on any atom is 0.191 e. The van der Waals surface area contributed by atoms with Gasteiger partial charge < -0.3 is 9.47 Å². The van der Waals surface area contributed by atoms with E-state index in [1.165, 1.54) is 0 Å². The molecule has 0 unspecified atom stereocenters. The lowest BCUT2D eigenvalue weighted by atomic mass is 10.1. The van der Waals surface area contributed by atoms with Gasteiger partial charge in [-0.1, -0.05) is 42.1 Å². The third-order valence-corrected chi connectivity index (χ3v) is 5.80. The fraction of sp³-hybridized carbons (Fsp3) is 0.444. The number of aryl methyl sites for hydroxylation is 1. The molecular weight excluding hydrogens is 346 g/mol. The zero-order valence-corrected chi connectivity index (χ0v) is 15.9. The average Bonchev–Trinajstić information content (AvgIpc) is 3.27. The molecule has 0 aliphatic carbocycles. The summed E-state index contributed by atoms with van der Waals surface area (Å²) in [6, 6.07) is 10.6. The van der Waals surface area contributed by atoms with E-state index in [4.69, 9.17) is 10.1 Å². The first-order valence-corrected chi connectivity index (χ1v) is 9.85. The molecule has 0 N–H and O–H groups in total. The van der Waals surface area contributed by atoms with Crippen LogP contribution >= 0.6 is 11.8 Å². The molecule has 1 saturated heterocycles. The van der Waals surface area contributed by atoms with E-state index in [-0.39, 0.29) is 0 Å². The van der Waals surface area contributed by atoms with Crippen molar-refractivity contribution < 1.29 is 0 Å². The fourth-order valence-electron chi connectivity index (χ4n) is 3.23. The standard InChI is InChI=1S/C18H23N7S/c1-23-10-8-15(9-11-23)25-16(12-26-18-21-19-13-24(18)2)20-17(22-25)14-6-4-3-5-7-14/h3-7,13,15H,8-12H2,1-2H3. The summed E-state index contributed by atoms with van der Waals surface area (Å²) in [6.07, 6.45) is 3.94. The van der Waals surface area contributed by atoms with Gasteiger partial charge in [0.25, 0.3) is 0 Å². The molecule has 1 aliphatic rings. The molecule has 0 radical (unpaired) electrons. The molecule has 0 spiro atoms. The van der Waals surface area contributed by atoms with Crippen molar-refractivity contribution in [2.24, 2.45) is 7.05 Å². The van der Waals surface area contributed by atoms with Gasteiger partial charge in [0.15, 0.2) is 11.0 Å².